The molecule has 29 heavy (non-hydrogen) atoms. The van der Waals surface area contributed by atoms with Crippen LogP contribution in [-0.2, 0) is 11.4 Å². The van der Waals surface area contributed by atoms with Crippen LogP contribution in [0.3, 0.4) is 0 Å². The molecule has 2 aromatic carbocycles. The van der Waals surface area contributed by atoms with Crippen molar-refractivity contribution in [2.75, 3.05) is 6.54 Å². The van der Waals surface area contributed by atoms with Gasteiger partial charge in [0.15, 0.2) is 6.10 Å². The van der Waals surface area contributed by atoms with Crippen molar-refractivity contribution >= 4 is 34.6 Å². The van der Waals surface area contributed by atoms with Gasteiger partial charge in [-0.25, -0.2) is 4.39 Å². The minimum Gasteiger partial charge on any atom is -0.390 e. The van der Waals surface area contributed by atoms with E-state index in [0.717, 1.165) is 11.3 Å². The maximum absolute atomic E-state index is 14.2. The zero-order valence-corrected chi connectivity index (χ0v) is 17.0. The number of carbonyl (C=O) groups excluding carboxylic acids is 1. The zero-order chi connectivity index (χ0) is 20.2. The summed E-state index contributed by atoms with van der Waals surface area (Å²) in [6.45, 7) is 0.477. The van der Waals surface area contributed by atoms with Gasteiger partial charge in [0.2, 0.25) is 0 Å². The third-order valence-corrected chi connectivity index (χ3v) is 5.78. The van der Waals surface area contributed by atoms with Gasteiger partial charge in [-0.3, -0.25) is 4.79 Å². The summed E-state index contributed by atoms with van der Waals surface area (Å²) in [4.78, 5) is 20.8. The van der Waals surface area contributed by atoms with Gasteiger partial charge in [-0.1, -0.05) is 53.2 Å². The number of carbonyl (C=O) groups is 1. The summed E-state index contributed by atoms with van der Waals surface area (Å²) in [5.41, 5.74) is 2.21. The molecule has 0 saturated heterocycles. The first kappa shape index (κ1) is 19.6. The minimum atomic E-state index is -0.332. The largest absolute Gasteiger partial charge is 0.390 e. The van der Waals surface area contributed by atoms with Crippen LogP contribution in [0.15, 0.2) is 71.2 Å². The SMILES string of the molecule is O=C(c1cccs1)N(Cc1ccccc1F)CC1CC(c2ccc(Cl)cc2)=NO1. The van der Waals surface area contributed by atoms with E-state index < -0.39 is 0 Å². The van der Waals surface area contributed by atoms with E-state index in [1.165, 1.54) is 17.4 Å². The fourth-order valence-corrected chi connectivity index (χ4v) is 4.01. The molecule has 0 bridgehead atoms. The van der Waals surface area contributed by atoms with Crippen LogP contribution in [-0.4, -0.2) is 29.2 Å². The maximum atomic E-state index is 14.2. The molecule has 4 nitrogen and oxygen atoms in total. The molecule has 1 atom stereocenters. The predicted octanol–water partition coefficient (Wildman–Crippen LogP) is 5.38. The molecule has 1 unspecified atom stereocenters. The number of nitrogens with zero attached hydrogens (tertiary/aromatic N) is 2. The summed E-state index contributed by atoms with van der Waals surface area (Å²) in [6, 6.07) is 17.5. The topological polar surface area (TPSA) is 41.9 Å². The second-order valence-electron chi connectivity index (χ2n) is 6.73. The molecule has 1 aliphatic heterocycles. The highest BCUT2D eigenvalue weighted by Crippen LogP contribution is 2.22. The van der Waals surface area contributed by atoms with Gasteiger partial charge < -0.3 is 9.74 Å². The fourth-order valence-electron chi connectivity index (χ4n) is 3.19. The highest BCUT2D eigenvalue weighted by atomic mass is 35.5. The Kier molecular flexibility index (Phi) is 5.92. The maximum Gasteiger partial charge on any atom is 0.264 e. The van der Waals surface area contributed by atoms with Crippen LogP contribution in [0.4, 0.5) is 4.39 Å². The molecular formula is C22H18ClFN2O2S. The summed E-state index contributed by atoms with van der Waals surface area (Å²) >= 11 is 7.31. The minimum absolute atomic E-state index is 0.146. The van der Waals surface area contributed by atoms with E-state index in [9.17, 15) is 9.18 Å². The van der Waals surface area contributed by atoms with Crippen LogP contribution < -0.4 is 0 Å². The van der Waals surface area contributed by atoms with E-state index in [2.05, 4.69) is 5.16 Å². The molecule has 0 radical (unpaired) electrons. The number of thiophene rings is 1. The lowest BCUT2D eigenvalue weighted by molar-refractivity contribution is 0.0406. The number of halogens is 2. The third kappa shape index (κ3) is 4.66. The van der Waals surface area contributed by atoms with Crippen LogP contribution >= 0.6 is 22.9 Å². The van der Waals surface area contributed by atoms with Crippen LogP contribution in [0, 0.1) is 5.82 Å². The number of hydrogen-bond donors (Lipinski definition) is 0. The first-order valence-corrected chi connectivity index (χ1v) is 10.4. The Balaban J connectivity index is 1.49. The van der Waals surface area contributed by atoms with Crippen molar-refractivity contribution in [3.8, 4) is 0 Å². The lowest BCUT2D eigenvalue weighted by Gasteiger charge is -2.24. The van der Waals surface area contributed by atoms with Crippen molar-refractivity contribution in [2.24, 2.45) is 5.16 Å². The quantitative estimate of drug-likeness (QED) is 0.529. The molecule has 2 heterocycles. The average molecular weight is 429 g/mol. The number of benzene rings is 2. The van der Waals surface area contributed by atoms with Crippen molar-refractivity contribution in [1.82, 2.24) is 4.90 Å². The van der Waals surface area contributed by atoms with Crippen molar-refractivity contribution in [3.05, 3.63) is 92.9 Å². The highest BCUT2D eigenvalue weighted by Gasteiger charge is 2.28. The molecule has 3 aromatic rings. The molecule has 7 heteroatoms. The molecule has 0 saturated carbocycles. The summed E-state index contributed by atoms with van der Waals surface area (Å²) in [7, 11) is 0. The standard InChI is InChI=1S/C22H18ClFN2O2S/c23-17-9-7-15(8-10-17)20-12-18(28-25-20)14-26(22(27)21-6-3-11-29-21)13-16-4-1-2-5-19(16)24/h1-11,18H,12-14H2. The normalized spacial score (nSPS) is 15.7. The molecule has 1 aliphatic rings. The van der Waals surface area contributed by atoms with E-state index in [1.54, 1.807) is 41.3 Å². The van der Waals surface area contributed by atoms with Gasteiger partial charge in [-0.05, 0) is 35.2 Å². The van der Waals surface area contributed by atoms with Gasteiger partial charge in [0.05, 0.1) is 17.1 Å². The fraction of sp³-hybridized carbons (Fsp3) is 0.182. The molecular weight excluding hydrogens is 411 g/mol. The smallest absolute Gasteiger partial charge is 0.264 e. The van der Waals surface area contributed by atoms with E-state index in [0.29, 0.717) is 28.4 Å². The molecule has 0 fully saturated rings. The van der Waals surface area contributed by atoms with Crippen LogP contribution in [0.5, 0.6) is 0 Å². The molecule has 0 aliphatic carbocycles. The van der Waals surface area contributed by atoms with E-state index >= 15 is 0 Å². The van der Waals surface area contributed by atoms with Crippen molar-refractivity contribution in [3.63, 3.8) is 0 Å². The van der Waals surface area contributed by atoms with Gasteiger partial charge in [0.1, 0.15) is 5.82 Å². The van der Waals surface area contributed by atoms with Gasteiger partial charge in [-0.15, -0.1) is 11.3 Å². The van der Waals surface area contributed by atoms with E-state index in [-0.39, 0.29) is 24.4 Å². The first-order valence-electron chi connectivity index (χ1n) is 9.15. The van der Waals surface area contributed by atoms with Crippen molar-refractivity contribution in [2.45, 2.75) is 19.1 Å². The van der Waals surface area contributed by atoms with Crippen molar-refractivity contribution in [1.29, 1.82) is 0 Å². The summed E-state index contributed by atoms with van der Waals surface area (Å²) < 4.78 is 14.2. The molecule has 1 aromatic heterocycles. The second kappa shape index (κ2) is 8.76. The lowest BCUT2D eigenvalue weighted by Crippen LogP contribution is -2.37. The molecule has 0 N–H and O–H groups in total. The lowest BCUT2D eigenvalue weighted by atomic mass is 10.0. The average Bonchev–Trinajstić information content (AvgIpc) is 3.41. The monoisotopic (exact) mass is 428 g/mol. The van der Waals surface area contributed by atoms with Gasteiger partial charge in [-0.2, -0.15) is 0 Å². The number of amides is 1. The molecule has 1 amide bonds. The number of oxime groups is 1. The van der Waals surface area contributed by atoms with Gasteiger partial charge in [0, 0.05) is 23.6 Å². The number of hydrogen-bond acceptors (Lipinski definition) is 4. The Morgan fingerprint density at radius 2 is 1.97 bits per heavy atom. The molecule has 148 valence electrons. The molecule has 4 rings (SSSR count). The van der Waals surface area contributed by atoms with Crippen molar-refractivity contribution < 1.29 is 14.0 Å². The highest BCUT2D eigenvalue weighted by molar-refractivity contribution is 7.12. The van der Waals surface area contributed by atoms with Crippen LogP contribution in [0.25, 0.3) is 0 Å². The Labute approximate surface area is 177 Å². The van der Waals surface area contributed by atoms with Crippen LogP contribution in [0.1, 0.15) is 27.2 Å². The Morgan fingerprint density at radius 3 is 2.69 bits per heavy atom. The summed E-state index contributed by atoms with van der Waals surface area (Å²) in [6.07, 6.45) is 0.268. The summed E-state index contributed by atoms with van der Waals surface area (Å²) in [5, 5.41) is 6.69. The Morgan fingerprint density at radius 1 is 1.17 bits per heavy atom. The third-order valence-electron chi connectivity index (χ3n) is 4.67. The molecule has 0 spiro atoms. The second-order valence-corrected chi connectivity index (χ2v) is 8.11. The van der Waals surface area contributed by atoms with Gasteiger partial charge in [0.25, 0.3) is 5.91 Å². The first-order chi connectivity index (χ1) is 14.1. The van der Waals surface area contributed by atoms with Crippen LogP contribution in [0.2, 0.25) is 5.02 Å². The Hall–Kier alpha value is -2.70. The zero-order valence-electron chi connectivity index (χ0n) is 15.4. The predicted molar refractivity (Wildman–Crippen MR) is 113 cm³/mol. The van der Waals surface area contributed by atoms with E-state index in [4.69, 9.17) is 16.4 Å². The summed E-state index contributed by atoms with van der Waals surface area (Å²) in [5.74, 6) is -0.478. The van der Waals surface area contributed by atoms with Gasteiger partial charge >= 0.3 is 0 Å². The van der Waals surface area contributed by atoms with E-state index in [1.807, 2.05) is 23.6 Å². The number of rotatable bonds is 6. The Bertz CT molecular complexity index is 1020.